The van der Waals surface area contributed by atoms with Gasteiger partial charge in [0.2, 0.25) is 0 Å². The van der Waals surface area contributed by atoms with Crippen molar-refractivity contribution in [3.63, 3.8) is 0 Å². The maximum Gasteiger partial charge on any atom is 0.0165 e. The molecule has 0 aliphatic heterocycles. The van der Waals surface area contributed by atoms with Crippen LogP contribution in [-0.2, 0) is 10.8 Å². The molecule has 0 fully saturated rings. The van der Waals surface area contributed by atoms with E-state index in [1.807, 2.05) is 0 Å². The van der Waals surface area contributed by atoms with Crippen LogP contribution in [0.5, 0.6) is 0 Å². The van der Waals surface area contributed by atoms with E-state index in [0.717, 1.165) is 0 Å². The Bertz CT molecular complexity index is 1940. The third-order valence-electron chi connectivity index (χ3n) is 9.46. The molecular weight excluding hydrogens is 408 g/mol. The lowest BCUT2D eigenvalue weighted by Gasteiger charge is -2.36. The summed E-state index contributed by atoms with van der Waals surface area (Å²) in [6.07, 6.45) is 0. The fourth-order valence-electron chi connectivity index (χ4n) is 8.04. The summed E-state index contributed by atoms with van der Waals surface area (Å²) in [5.41, 5.74) is 14.7. The molecule has 0 amide bonds. The summed E-state index contributed by atoms with van der Waals surface area (Å²) < 4.78 is 0. The Balaban J connectivity index is 1.72. The number of benzene rings is 6. The molecule has 0 atom stereocenters. The SMILES string of the molecule is CC1(C)c2cccc3c2-c2c1c1c4c(cc5cccc6cc(c2c4c56)C3(C)C)-c2ccccc2-1. The summed E-state index contributed by atoms with van der Waals surface area (Å²) in [6, 6.07) is 28.0. The molecule has 0 unspecified atom stereocenters. The Morgan fingerprint density at radius 2 is 1.12 bits per heavy atom. The van der Waals surface area contributed by atoms with Gasteiger partial charge in [0.25, 0.3) is 0 Å². The Morgan fingerprint density at radius 3 is 1.91 bits per heavy atom. The van der Waals surface area contributed by atoms with Crippen molar-refractivity contribution in [3.8, 4) is 33.4 Å². The van der Waals surface area contributed by atoms with E-state index in [-0.39, 0.29) is 10.8 Å². The smallest absolute Gasteiger partial charge is 0.0165 e. The van der Waals surface area contributed by atoms with Crippen molar-refractivity contribution in [2.24, 2.45) is 0 Å². The molecule has 0 nitrogen and oxygen atoms in total. The van der Waals surface area contributed by atoms with Crippen LogP contribution in [0.25, 0.3) is 65.7 Å². The summed E-state index contributed by atoms with van der Waals surface area (Å²) >= 11 is 0. The minimum Gasteiger partial charge on any atom is -0.0616 e. The fraction of sp³-hybridized carbons (Fsp3) is 0.176. The van der Waals surface area contributed by atoms with E-state index < -0.39 is 0 Å². The van der Waals surface area contributed by atoms with Crippen LogP contribution in [-0.4, -0.2) is 0 Å². The number of hydrogen-bond acceptors (Lipinski definition) is 0. The molecule has 3 aliphatic carbocycles. The predicted molar refractivity (Wildman–Crippen MR) is 144 cm³/mol. The second-order valence-corrected chi connectivity index (χ2v) is 11.7. The van der Waals surface area contributed by atoms with Crippen LogP contribution in [0.2, 0.25) is 0 Å². The average Bonchev–Trinajstić information content (AvgIpc) is 3.28. The van der Waals surface area contributed by atoms with E-state index in [1.165, 1.54) is 82.4 Å². The van der Waals surface area contributed by atoms with Crippen molar-refractivity contribution in [1.29, 1.82) is 0 Å². The molecule has 0 saturated carbocycles. The monoisotopic (exact) mass is 432 g/mol. The standard InChI is InChI=1S/C34H24/c1-33(2)22-13-8-14-23-28(22)31-29-24(33)16-18-10-7-9-17-15-21-19-11-5-6-12-20(19)27(32(31)34(23,3)4)26(21)30(29)25(17)18/h5-16H,1-4H3. The van der Waals surface area contributed by atoms with Gasteiger partial charge >= 0.3 is 0 Å². The summed E-state index contributed by atoms with van der Waals surface area (Å²) in [6.45, 7) is 9.78. The quantitative estimate of drug-likeness (QED) is 0.210. The minimum absolute atomic E-state index is 0.0348. The van der Waals surface area contributed by atoms with Crippen LogP contribution in [0, 0.1) is 0 Å². The van der Waals surface area contributed by atoms with E-state index in [1.54, 1.807) is 5.56 Å². The third-order valence-corrected chi connectivity index (χ3v) is 9.46. The molecule has 6 aromatic rings. The lowest BCUT2D eigenvalue weighted by atomic mass is 9.67. The summed E-state index contributed by atoms with van der Waals surface area (Å²) in [5.74, 6) is 0. The van der Waals surface area contributed by atoms with E-state index >= 15 is 0 Å². The van der Waals surface area contributed by atoms with Gasteiger partial charge in [-0.15, -0.1) is 0 Å². The van der Waals surface area contributed by atoms with Gasteiger partial charge in [-0.1, -0.05) is 88.4 Å². The molecule has 9 rings (SSSR count). The first-order valence-electron chi connectivity index (χ1n) is 12.5. The highest BCUT2D eigenvalue weighted by Gasteiger charge is 2.48. The largest absolute Gasteiger partial charge is 0.0616 e. The van der Waals surface area contributed by atoms with Crippen LogP contribution < -0.4 is 0 Å². The van der Waals surface area contributed by atoms with Gasteiger partial charge in [-0.25, -0.2) is 0 Å². The topological polar surface area (TPSA) is 0 Å². The highest BCUT2D eigenvalue weighted by Crippen LogP contribution is 2.66. The van der Waals surface area contributed by atoms with E-state index in [0.29, 0.717) is 0 Å². The van der Waals surface area contributed by atoms with E-state index in [4.69, 9.17) is 0 Å². The molecule has 0 heteroatoms. The maximum absolute atomic E-state index is 2.51. The first kappa shape index (κ1) is 17.8. The van der Waals surface area contributed by atoms with Crippen molar-refractivity contribution in [3.05, 3.63) is 95.1 Å². The van der Waals surface area contributed by atoms with E-state index in [9.17, 15) is 0 Å². The highest BCUT2D eigenvalue weighted by molar-refractivity contribution is 6.36. The van der Waals surface area contributed by atoms with Crippen molar-refractivity contribution < 1.29 is 0 Å². The lowest BCUT2D eigenvalue weighted by molar-refractivity contribution is 0.640. The van der Waals surface area contributed by atoms with Gasteiger partial charge in [0.05, 0.1) is 0 Å². The van der Waals surface area contributed by atoms with E-state index in [2.05, 4.69) is 100 Å². The van der Waals surface area contributed by atoms with Crippen molar-refractivity contribution in [1.82, 2.24) is 0 Å². The van der Waals surface area contributed by atoms with Gasteiger partial charge in [-0.2, -0.15) is 0 Å². The summed E-state index contributed by atoms with van der Waals surface area (Å²) in [5, 5.41) is 8.68. The molecule has 6 aromatic carbocycles. The molecule has 0 N–H and O–H groups in total. The number of rotatable bonds is 0. The van der Waals surface area contributed by atoms with Gasteiger partial charge < -0.3 is 0 Å². The third kappa shape index (κ3) is 1.60. The molecule has 0 saturated heterocycles. The maximum atomic E-state index is 2.51. The van der Waals surface area contributed by atoms with Gasteiger partial charge in [-0.05, 0) is 100 Å². The molecule has 0 spiro atoms. The first-order chi connectivity index (χ1) is 16.4. The molecule has 160 valence electrons. The zero-order valence-corrected chi connectivity index (χ0v) is 19.9. The van der Waals surface area contributed by atoms with Crippen LogP contribution in [0.15, 0.2) is 72.8 Å². The number of fused-ring (bicyclic) bond motifs is 4. The molecule has 0 bridgehead atoms. The molecule has 0 heterocycles. The number of hydrogen-bond donors (Lipinski definition) is 0. The van der Waals surface area contributed by atoms with Crippen molar-refractivity contribution in [2.75, 3.05) is 0 Å². The Labute approximate surface area is 199 Å². The van der Waals surface area contributed by atoms with Crippen LogP contribution in [0.3, 0.4) is 0 Å². The molecular formula is C34H24. The zero-order valence-electron chi connectivity index (χ0n) is 19.9. The average molecular weight is 433 g/mol. The zero-order chi connectivity index (χ0) is 22.7. The van der Waals surface area contributed by atoms with Gasteiger partial charge in [-0.3, -0.25) is 0 Å². The van der Waals surface area contributed by atoms with Crippen LogP contribution in [0.1, 0.15) is 49.9 Å². The van der Waals surface area contributed by atoms with Gasteiger partial charge in [0.1, 0.15) is 0 Å². The normalized spacial score (nSPS) is 17.3. The minimum atomic E-state index is -0.0404. The first-order valence-corrected chi connectivity index (χ1v) is 12.5. The van der Waals surface area contributed by atoms with Gasteiger partial charge in [0.15, 0.2) is 0 Å². The molecule has 34 heavy (non-hydrogen) atoms. The summed E-state index contributed by atoms with van der Waals surface area (Å²) in [4.78, 5) is 0. The molecule has 3 aliphatic rings. The second kappa shape index (κ2) is 5.05. The molecule has 0 aromatic heterocycles. The summed E-state index contributed by atoms with van der Waals surface area (Å²) in [7, 11) is 0. The van der Waals surface area contributed by atoms with Crippen LogP contribution in [0.4, 0.5) is 0 Å². The van der Waals surface area contributed by atoms with Crippen LogP contribution >= 0.6 is 0 Å². The highest BCUT2D eigenvalue weighted by atomic mass is 14.5. The second-order valence-electron chi connectivity index (χ2n) is 11.7. The van der Waals surface area contributed by atoms with Crippen molar-refractivity contribution >= 4 is 32.3 Å². The Hall–Kier alpha value is -3.64. The van der Waals surface area contributed by atoms with Crippen molar-refractivity contribution in [2.45, 2.75) is 38.5 Å². The molecule has 0 radical (unpaired) electrons. The van der Waals surface area contributed by atoms with Gasteiger partial charge in [0, 0.05) is 10.8 Å². The Kier molecular flexibility index (Phi) is 2.64. The predicted octanol–water partition coefficient (Wildman–Crippen LogP) is 9.18. The lowest BCUT2D eigenvalue weighted by Crippen LogP contribution is -2.24. The Morgan fingerprint density at radius 1 is 0.441 bits per heavy atom. The fourth-order valence-corrected chi connectivity index (χ4v) is 8.04.